The third-order valence-corrected chi connectivity index (χ3v) is 4.39. The second-order valence-corrected chi connectivity index (χ2v) is 6.89. The maximum atomic E-state index is 12.4. The molecule has 2 N–H and O–H groups in total. The lowest BCUT2D eigenvalue weighted by Gasteiger charge is -2.20. The van der Waals surface area contributed by atoms with Crippen molar-refractivity contribution >= 4 is 28.3 Å². The van der Waals surface area contributed by atoms with Gasteiger partial charge in [0.25, 0.3) is 0 Å². The number of anilines is 1. The molecular weight excluding hydrogens is 324 g/mol. The van der Waals surface area contributed by atoms with Gasteiger partial charge in [-0.15, -0.1) is 10.2 Å². The summed E-state index contributed by atoms with van der Waals surface area (Å²) < 4.78 is 0. The van der Waals surface area contributed by atoms with Gasteiger partial charge in [-0.3, -0.25) is 14.9 Å². The molecule has 0 aliphatic heterocycles. The molecule has 7 heteroatoms. The third-order valence-electron chi connectivity index (χ3n) is 3.51. The Balaban J connectivity index is 2.10. The van der Waals surface area contributed by atoms with E-state index in [1.807, 2.05) is 45.0 Å². The molecule has 1 unspecified atom stereocenters. The van der Waals surface area contributed by atoms with Crippen LogP contribution in [-0.4, -0.2) is 28.1 Å². The summed E-state index contributed by atoms with van der Waals surface area (Å²) in [5.41, 5.74) is 2.10. The quantitative estimate of drug-likeness (QED) is 0.842. The first-order valence-corrected chi connectivity index (χ1v) is 8.73. The smallest absolute Gasteiger partial charge is 0.249 e. The second-order valence-electron chi connectivity index (χ2n) is 5.91. The zero-order valence-electron chi connectivity index (χ0n) is 14.3. The topological polar surface area (TPSA) is 84.0 Å². The minimum absolute atomic E-state index is 0.0235. The summed E-state index contributed by atoms with van der Waals surface area (Å²) in [6.45, 7) is 7.54. The molecule has 1 aromatic heterocycles. The highest BCUT2D eigenvalue weighted by Crippen LogP contribution is 2.27. The molecule has 1 aromatic carbocycles. The predicted molar refractivity (Wildman–Crippen MR) is 95.8 cm³/mol. The standard InChI is InChI=1S/C17H22N4O2S/c1-5-13(22)18-14(10(2)3)15(23)19-17-21-20-16(24-17)12-8-6-7-11(4)9-12/h6-10,14H,5H2,1-4H3,(H,18,22)(H,19,21,23). The number of carbonyl (C=O) groups excluding carboxylic acids is 2. The molecule has 0 aliphatic rings. The Hall–Kier alpha value is -2.28. The van der Waals surface area contributed by atoms with Gasteiger partial charge in [0, 0.05) is 12.0 Å². The summed E-state index contributed by atoms with van der Waals surface area (Å²) in [5, 5.41) is 14.8. The first-order chi connectivity index (χ1) is 11.4. The van der Waals surface area contributed by atoms with Gasteiger partial charge in [0.1, 0.15) is 11.0 Å². The van der Waals surface area contributed by atoms with Crippen molar-refractivity contribution in [2.45, 2.75) is 40.2 Å². The summed E-state index contributed by atoms with van der Waals surface area (Å²) in [6, 6.07) is 7.35. The number of aryl methyl sites for hydroxylation is 1. The second kappa shape index (κ2) is 8.01. The van der Waals surface area contributed by atoms with E-state index < -0.39 is 6.04 Å². The summed E-state index contributed by atoms with van der Waals surface area (Å²) in [6.07, 6.45) is 0.340. The van der Waals surface area contributed by atoms with E-state index in [1.165, 1.54) is 11.3 Å². The zero-order chi connectivity index (χ0) is 17.7. The van der Waals surface area contributed by atoms with Crippen molar-refractivity contribution in [2.24, 2.45) is 5.92 Å². The van der Waals surface area contributed by atoms with E-state index in [1.54, 1.807) is 6.92 Å². The molecule has 24 heavy (non-hydrogen) atoms. The summed E-state index contributed by atoms with van der Waals surface area (Å²) in [7, 11) is 0. The number of amides is 2. The molecule has 0 spiro atoms. The third kappa shape index (κ3) is 4.61. The van der Waals surface area contributed by atoms with Gasteiger partial charge in [-0.2, -0.15) is 0 Å². The highest BCUT2D eigenvalue weighted by Gasteiger charge is 2.24. The first-order valence-electron chi connectivity index (χ1n) is 7.91. The normalized spacial score (nSPS) is 12.0. The zero-order valence-corrected chi connectivity index (χ0v) is 15.1. The van der Waals surface area contributed by atoms with E-state index in [0.29, 0.717) is 11.6 Å². The largest absolute Gasteiger partial charge is 0.344 e. The van der Waals surface area contributed by atoms with Crippen LogP contribution < -0.4 is 10.6 Å². The maximum Gasteiger partial charge on any atom is 0.249 e. The Kier molecular flexibility index (Phi) is 6.03. The number of aromatic nitrogens is 2. The number of rotatable bonds is 6. The number of carbonyl (C=O) groups is 2. The molecule has 0 fully saturated rings. The fourth-order valence-corrected chi connectivity index (χ4v) is 2.90. The van der Waals surface area contributed by atoms with Crippen LogP contribution in [-0.2, 0) is 9.59 Å². The Morgan fingerprint density at radius 2 is 2.00 bits per heavy atom. The monoisotopic (exact) mass is 346 g/mol. The van der Waals surface area contributed by atoms with Crippen LogP contribution in [0.5, 0.6) is 0 Å². The summed E-state index contributed by atoms with van der Waals surface area (Å²) >= 11 is 1.31. The van der Waals surface area contributed by atoms with Gasteiger partial charge in [-0.25, -0.2) is 0 Å². The van der Waals surface area contributed by atoms with Gasteiger partial charge in [0.05, 0.1) is 0 Å². The molecule has 0 radical (unpaired) electrons. The minimum atomic E-state index is -0.594. The molecule has 2 rings (SSSR count). The van der Waals surface area contributed by atoms with Crippen LogP contribution in [0.25, 0.3) is 10.6 Å². The highest BCUT2D eigenvalue weighted by atomic mass is 32.1. The Bertz CT molecular complexity index is 727. The number of hydrogen-bond acceptors (Lipinski definition) is 5. The van der Waals surface area contributed by atoms with Gasteiger partial charge in [0.2, 0.25) is 16.9 Å². The number of benzene rings is 1. The van der Waals surface area contributed by atoms with Crippen molar-refractivity contribution in [1.29, 1.82) is 0 Å². The molecule has 128 valence electrons. The van der Waals surface area contributed by atoms with E-state index in [-0.39, 0.29) is 17.7 Å². The van der Waals surface area contributed by atoms with Gasteiger partial charge in [0.15, 0.2) is 0 Å². The van der Waals surface area contributed by atoms with Crippen LogP contribution in [0.15, 0.2) is 24.3 Å². The molecular formula is C17H22N4O2S. The minimum Gasteiger partial charge on any atom is -0.344 e. The summed E-state index contributed by atoms with van der Waals surface area (Å²) in [5.74, 6) is -0.454. The fourth-order valence-electron chi connectivity index (χ4n) is 2.16. The molecule has 2 amide bonds. The van der Waals surface area contributed by atoms with Crippen LogP contribution in [0.1, 0.15) is 32.8 Å². The highest BCUT2D eigenvalue weighted by molar-refractivity contribution is 7.18. The number of nitrogens with one attached hydrogen (secondary N) is 2. The molecule has 2 aromatic rings. The molecule has 0 saturated heterocycles. The van der Waals surface area contributed by atoms with E-state index in [0.717, 1.165) is 16.1 Å². The Morgan fingerprint density at radius 1 is 1.25 bits per heavy atom. The van der Waals surface area contributed by atoms with Gasteiger partial charge in [-0.05, 0) is 18.9 Å². The van der Waals surface area contributed by atoms with Crippen molar-refractivity contribution in [1.82, 2.24) is 15.5 Å². The Morgan fingerprint density at radius 3 is 2.62 bits per heavy atom. The van der Waals surface area contributed by atoms with E-state index in [9.17, 15) is 9.59 Å². The van der Waals surface area contributed by atoms with Crippen molar-refractivity contribution in [3.05, 3.63) is 29.8 Å². The SMILES string of the molecule is CCC(=O)NC(C(=O)Nc1nnc(-c2cccc(C)c2)s1)C(C)C. The van der Waals surface area contributed by atoms with Gasteiger partial charge in [-0.1, -0.05) is 55.9 Å². The van der Waals surface area contributed by atoms with Crippen molar-refractivity contribution < 1.29 is 9.59 Å². The van der Waals surface area contributed by atoms with Gasteiger partial charge >= 0.3 is 0 Å². The van der Waals surface area contributed by atoms with Crippen LogP contribution in [0.4, 0.5) is 5.13 Å². The average molecular weight is 346 g/mol. The van der Waals surface area contributed by atoms with Gasteiger partial charge < -0.3 is 5.32 Å². The average Bonchev–Trinajstić information content (AvgIpc) is 3.00. The van der Waals surface area contributed by atoms with E-state index in [2.05, 4.69) is 20.8 Å². The first kappa shape index (κ1) is 18.1. The summed E-state index contributed by atoms with van der Waals surface area (Å²) in [4.78, 5) is 24.0. The molecule has 0 bridgehead atoms. The predicted octanol–water partition coefficient (Wildman–Crippen LogP) is 3.00. The van der Waals surface area contributed by atoms with Crippen LogP contribution in [0.2, 0.25) is 0 Å². The molecule has 1 heterocycles. The molecule has 6 nitrogen and oxygen atoms in total. The lowest BCUT2D eigenvalue weighted by Crippen LogP contribution is -2.46. The lowest BCUT2D eigenvalue weighted by atomic mass is 10.0. The van der Waals surface area contributed by atoms with E-state index >= 15 is 0 Å². The lowest BCUT2D eigenvalue weighted by molar-refractivity contribution is -0.127. The molecule has 0 aliphatic carbocycles. The van der Waals surface area contributed by atoms with Crippen molar-refractivity contribution in [3.8, 4) is 10.6 Å². The number of nitrogens with zero attached hydrogens (tertiary/aromatic N) is 2. The number of hydrogen-bond donors (Lipinski definition) is 2. The molecule has 1 atom stereocenters. The Labute approximate surface area is 145 Å². The van der Waals surface area contributed by atoms with Crippen LogP contribution in [0.3, 0.4) is 0 Å². The van der Waals surface area contributed by atoms with Crippen LogP contribution in [0, 0.1) is 12.8 Å². The van der Waals surface area contributed by atoms with Crippen molar-refractivity contribution in [2.75, 3.05) is 5.32 Å². The van der Waals surface area contributed by atoms with Crippen LogP contribution >= 0.6 is 11.3 Å². The molecule has 0 saturated carbocycles. The fraction of sp³-hybridized carbons (Fsp3) is 0.412. The van der Waals surface area contributed by atoms with E-state index in [4.69, 9.17) is 0 Å². The van der Waals surface area contributed by atoms with Crippen molar-refractivity contribution in [3.63, 3.8) is 0 Å². The maximum absolute atomic E-state index is 12.4.